The standard InChI is InChI=1S/C10H9F3O2/c1-5-7(11)3-4-8(15-10(12)13)9(5)6(2)14/h3-4,10H,1-2H3. The van der Waals surface area contributed by atoms with Gasteiger partial charge in [-0.2, -0.15) is 8.78 Å². The van der Waals surface area contributed by atoms with Gasteiger partial charge >= 0.3 is 6.61 Å². The van der Waals surface area contributed by atoms with E-state index < -0.39 is 18.2 Å². The lowest BCUT2D eigenvalue weighted by molar-refractivity contribution is -0.0502. The largest absolute Gasteiger partial charge is 0.434 e. The Kier molecular flexibility index (Phi) is 3.34. The number of carbonyl (C=O) groups is 1. The first-order valence-electron chi connectivity index (χ1n) is 4.18. The molecule has 0 unspecified atom stereocenters. The fraction of sp³-hybridized carbons (Fsp3) is 0.300. The van der Waals surface area contributed by atoms with E-state index in [1.54, 1.807) is 0 Å². The Morgan fingerprint density at radius 3 is 2.47 bits per heavy atom. The molecule has 5 heteroatoms. The summed E-state index contributed by atoms with van der Waals surface area (Å²) in [4.78, 5) is 11.1. The van der Waals surface area contributed by atoms with Gasteiger partial charge in [-0.1, -0.05) is 0 Å². The van der Waals surface area contributed by atoms with E-state index in [9.17, 15) is 18.0 Å². The third-order valence-electron chi connectivity index (χ3n) is 1.93. The lowest BCUT2D eigenvalue weighted by Crippen LogP contribution is -2.08. The quantitative estimate of drug-likeness (QED) is 0.729. The maximum absolute atomic E-state index is 13.1. The average Bonchev–Trinajstić information content (AvgIpc) is 2.10. The summed E-state index contributed by atoms with van der Waals surface area (Å²) in [6.07, 6.45) is 0. The van der Waals surface area contributed by atoms with Crippen LogP contribution in [0, 0.1) is 12.7 Å². The van der Waals surface area contributed by atoms with Crippen LogP contribution in [0.4, 0.5) is 13.2 Å². The van der Waals surface area contributed by atoms with Crippen LogP contribution in [0.5, 0.6) is 5.75 Å². The van der Waals surface area contributed by atoms with Crippen molar-refractivity contribution in [2.24, 2.45) is 0 Å². The molecule has 0 fully saturated rings. The predicted molar refractivity (Wildman–Crippen MR) is 47.8 cm³/mol. The van der Waals surface area contributed by atoms with Crippen LogP contribution in [0.3, 0.4) is 0 Å². The van der Waals surface area contributed by atoms with E-state index in [0.29, 0.717) is 0 Å². The van der Waals surface area contributed by atoms with Gasteiger partial charge in [0.1, 0.15) is 11.6 Å². The Balaban J connectivity index is 3.27. The van der Waals surface area contributed by atoms with Gasteiger partial charge in [0.2, 0.25) is 0 Å². The van der Waals surface area contributed by atoms with Crippen LogP contribution in [-0.4, -0.2) is 12.4 Å². The molecule has 0 aliphatic heterocycles. The summed E-state index contributed by atoms with van der Waals surface area (Å²) in [7, 11) is 0. The molecule has 0 aliphatic carbocycles. The lowest BCUT2D eigenvalue weighted by Gasteiger charge is -2.11. The Morgan fingerprint density at radius 1 is 1.40 bits per heavy atom. The highest BCUT2D eigenvalue weighted by molar-refractivity contribution is 5.98. The molecule has 1 rings (SSSR count). The second-order valence-corrected chi connectivity index (χ2v) is 2.98. The molecule has 82 valence electrons. The first kappa shape index (κ1) is 11.6. The Bertz CT molecular complexity index is 388. The molecule has 1 aromatic rings. The van der Waals surface area contributed by atoms with E-state index in [0.717, 1.165) is 12.1 Å². The zero-order chi connectivity index (χ0) is 11.6. The van der Waals surface area contributed by atoms with Crippen molar-refractivity contribution in [3.63, 3.8) is 0 Å². The average molecular weight is 218 g/mol. The van der Waals surface area contributed by atoms with Gasteiger partial charge in [0.05, 0.1) is 5.56 Å². The van der Waals surface area contributed by atoms with Crippen LogP contribution < -0.4 is 4.74 Å². The van der Waals surface area contributed by atoms with E-state index in [1.165, 1.54) is 13.8 Å². The zero-order valence-electron chi connectivity index (χ0n) is 8.18. The smallest absolute Gasteiger partial charge is 0.387 e. The number of halogens is 3. The summed E-state index contributed by atoms with van der Waals surface area (Å²) in [5.74, 6) is -1.43. The summed E-state index contributed by atoms with van der Waals surface area (Å²) in [6.45, 7) is -0.530. The molecule has 0 aromatic heterocycles. The van der Waals surface area contributed by atoms with Crippen LogP contribution in [0.2, 0.25) is 0 Å². The van der Waals surface area contributed by atoms with Gasteiger partial charge < -0.3 is 4.74 Å². The second kappa shape index (κ2) is 4.33. The fourth-order valence-corrected chi connectivity index (χ4v) is 1.29. The number of Topliss-reactive ketones (excluding diaryl/α,β-unsaturated/α-hetero) is 1. The number of benzene rings is 1. The van der Waals surface area contributed by atoms with Gasteiger partial charge in [0.25, 0.3) is 0 Å². The van der Waals surface area contributed by atoms with E-state index in [-0.39, 0.29) is 16.9 Å². The zero-order valence-corrected chi connectivity index (χ0v) is 8.18. The molecule has 0 saturated heterocycles. The SMILES string of the molecule is CC(=O)c1c(OC(F)F)ccc(F)c1C. The second-order valence-electron chi connectivity index (χ2n) is 2.98. The van der Waals surface area contributed by atoms with Crippen molar-refractivity contribution in [2.75, 3.05) is 0 Å². The molecule has 0 heterocycles. The van der Waals surface area contributed by atoms with E-state index >= 15 is 0 Å². The van der Waals surface area contributed by atoms with Crippen molar-refractivity contribution in [1.82, 2.24) is 0 Å². The number of hydrogen-bond donors (Lipinski definition) is 0. The summed E-state index contributed by atoms with van der Waals surface area (Å²) >= 11 is 0. The van der Waals surface area contributed by atoms with Crippen LogP contribution in [0.15, 0.2) is 12.1 Å². The highest BCUT2D eigenvalue weighted by Crippen LogP contribution is 2.26. The minimum Gasteiger partial charge on any atom is -0.434 e. The molecular weight excluding hydrogens is 209 g/mol. The third kappa shape index (κ3) is 2.49. The normalized spacial score (nSPS) is 10.5. The highest BCUT2D eigenvalue weighted by atomic mass is 19.3. The topological polar surface area (TPSA) is 26.3 Å². The number of ketones is 1. The number of hydrogen-bond acceptors (Lipinski definition) is 2. The maximum atomic E-state index is 13.1. The van der Waals surface area contributed by atoms with E-state index in [1.807, 2.05) is 0 Å². The monoisotopic (exact) mass is 218 g/mol. The van der Waals surface area contributed by atoms with Gasteiger partial charge in [0.15, 0.2) is 5.78 Å². The predicted octanol–water partition coefficient (Wildman–Crippen LogP) is 2.94. The fourth-order valence-electron chi connectivity index (χ4n) is 1.29. The van der Waals surface area contributed by atoms with Crippen LogP contribution in [0.1, 0.15) is 22.8 Å². The third-order valence-corrected chi connectivity index (χ3v) is 1.93. The minimum absolute atomic E-state index is 0.0145. The summed E-state index contributed by atoms with van der Waals surface area (Å²) in [5.41, 5.74) is -0.129. The van der Waals surface area contributed by atoms with Gasteiger partial charge in [0, 0.05) is 0 Å². The summed E-state index contributed by atoms with van der Waals surface area (Å²) in [6, 6.07) is 2.00. The molecule has 0 atom stereocenters. The van der Waals surface area contributed by atoms with E-state index in [4.69, 9.17) is 0 Å². The molecule has 0 aliphatic rings. The van der Waals surface area contributed by atoms with Gasteiger partial charge in [-0.15, -0.1) is 0 Å². The van der Waals surface area contributed by atoms with Crippen molar-refractivity contribution < 1.29 is 22.7 Å². The van der Waals surface area contributed by atoms with Crippen molar-refractivity contribution in [2.45, 2.75) is 20.5 Å². The Hall–Kier alpha value is -1.52. The number of rotatable bonds is 3. The molecule has 0 radical (unpaired) electrons. The summed E-state index contributed by atoms with van der Waals surface area (Å²) < 4.78 is 41.1. The number of carbonyl (C=O) groups excluding carboxylic acids is 1. The molecule has 0 saturated carbocycles. The Morgan fingerprint density at radius 2 is 2.00 bits per heavy atom. The van der Waals surface area contributed by atoms with Gasteiger partial charge in [-0.05, 0) is 31.5 Å². The van der Waals surface area contributed by atoms with Crippen molar-refractivity contribution >= 4 is 5.78 Å². The van der Waals surface area contributed by atoms with Gasteiger partial charge in [-0.3, -0.25) is 4.79 Å². The van der Waals surface area contributed by atoms with Crippen LogP contribution in [0.25, 0.3) is 0 Å². The van der Waals surface area contributed by atoms with E-state index in [2.05, 4.69) is 4.74 Å². The minimum atomic E-state index is -3.03. The molecule has 0 spiro atoms. The molecular formula is C10H9F3O2. The molecule has 2 nitrogen and oxygen atoms in total. The molecule has 0 amide bonds. The van der Waals surface area contributed by atoms with Gasteiger partial charge in [-0.25, -0.2) is 4.39 Å². The van der Waals surface area contributed by atoms with Crippen molar-refractivity contribution in [3.8, 4) is 5.75 Å². The molecule has 1 aromatic carbocycles. The first-order valence-corrected chi connectivity index (χ1v) is 4.18. The first-order chi connectivity index (χ1) is 6.93. The Labute approximate surface area is 84.7 Å². The highest BCUT2D eigenvalue weighted by Gasteiger charge is 2.17. The number of ether oxygens (including phenoxy) is 1. The lowest BCUT2D eigenvalue weighted by atomic mass is 10.0. The number of alkyl halides is 2. The maximum Gasteiger partial charge on any atom is 0.387 e. The molecule has 0 N–H and O–H groups in total. The molecule has 15 heavy (non-hydrogen) atoms. The van der Waals surface area contributed by atoms with Crippen molar-refractivity contribution in [1.29, 1.82) is 0 Å². The summed E-state index contributed by atoms with van der Waals surface area (Å²) in [5, 5.41) is 0. The molecule has 0 bridgehead atoms. The van der Waals surface area contributed by atoms with Crippen LogP contribution >= 0.6 is 0 Å². The van der Waals surface area contributed by atoms with Crippen molar-refractivity contribution in [3.05, 3.63) is 29.1 Å². The van der Waals surface area contributed by atoms with Crippen LogP contribution in [-0.2, 0) is 0 Å².